The summed E-state index contributed by atoms with van der Waals surface area (Å²) in [6, 6.07) is 20.4. The molecule has 2 heterocycles. The predicted octanol–water partition coefficient (Wildman–Crippen LogP) is 5.17. The van der Waals surface area contributed by atoms with Crippen molar-refractivity contribution in [1.82, 2.24) is 14.9 Å². The number of hydrogen-bond acceptors (Lipinski definition) is 6. The molecule has 0 amide bonds. The van der Waals surface area contributed by atoms with Crippen molar-refractivity contribution in [2.24, 2.45) is 5.92 Å². The molecule has 1 fully saturated rings. The first kappa shape index (κ1) is 25.2. The number of benzene rings is 2. The molecule has 2 atom stereocenters. The van der Waals surface area contributed by atoms with Crippen molar-refractivity contribution in [2.75, 3.05) is 25.2 Å². The SMILES string of the molecule is CCOC(=O)C1CC1c1ccc(-c2cccc(-n3cc(CNCCSC)c(=O)c4cccnc43)c2)cc1. The van der Waals surface area contributed by atoms with Crippen molar-refractivity contribution in [1.29, 1.82) is 0 Å². The Kier molecular flexibility index (Phi) is 7.72. The number of thioether (sulfide) groups is 1. The lowest BCUT2D eigenvalue weighted by molar-refractivity contribution is -0.144. The van der Waals surface area contributed by atoms with E-state index >= 15 is 0 Å². The highest BCUT2D eigenvalue weighted by atomic mass is 32.2. The number of carbonyl (C=O) groups excluding carboxylic acids is 1. The Morgan fingerprint density at radius 2 is 1.97 bits per heavy atom. The monoisotopic (exact) mass is 513 g/mol. The number of rotatable bonds is 10. The van der Waals surface area contributed by atoms with Gasteiger partial charge < -0.3 is 14.6 Å². The van der Waals surface area contributed by atoms with Gasteiger partial charge in [-0.2, -0.15) is 11.8 Å². The summed E-state index contributed by atoms with van der Waals surface area (Å²) in [6.07, 6.45) is 6.56. The summed E-state index contributed by atoms with van der Waals surface area (Å²) in [4.78, 5) is 29.7. The van der Waals surface area contributed by atoms with E-state index in [0.717, 1.165) is 41.1 Å². The van der Waals surface area contributed by atoms with Crippen molar-refractivity contribution >= 4 is 28.8 Å². The average Bonchev–Trinajstić information content (AvgIpc) is 3.74. The molecule has 7 heteroatoms. The fourth-order valence-electron chi connectivity index (χ4n) is 4.77. The van der Waals surface area contributed by atoms with Gasteiger partial charge in [-0.1, -0.05) is 36.4 Å². The van der Waals surface area contributed by atoms with E-state index in [1.165, 1.54) is 5.56 Å². The molecule has 1 aliphatic carbocycles. The molecule has 2 aromatic carbocycles. The molecule has 5 rings (SSSR count). The summed E-state index contributed by atoms with van der Waals surface area (Å²) in [6.45, 7) is 3.63. The van der Waals surface area contributed by atoms with Crippen LogP contribution in [0.1, 0.15) is 30.4 Å². The Morgan fingerprint density at radius 3 is 2.76 bits per heavy atom. The van der Waals surface area contributed by atoms with Gasteiger partial charge in [0.25, 0.3) is 0 Å². The average molecular weight is 514 g/mol. The molecule has 2 aromatic heterocycles. The third kappa shape index (κ3) is 5.48. The maximum absolute atomic E-state index is 13.1. The standard InChI is InChI=1S/C30H31N3O3S/c1-3-36-30(35)27-17-26(27)21-11-9-20(10-12-21)22-6-4-7-24(16-22)33-19-23(18-31-14-15-37-2)28(34)25-8-5-13-32-29(25)33/h4-13,16,19,26-27,31H,3,14-15,17-18H2,1-2H3. The molecule has 0 spiro atoms. The molecule has 0 radical (unpaired) electrons. The number of pyridine rings is 2. The van der Waals surface area contributed by atoms with Crippen LogP contribution in [0.4, 0.5) is 0 Å². The maximum atomic E-state index is 13.1. The van der Waals surface area contributed by atoms with Crippen LogP contribution < -0.4 is 10.7 Å². The normalized spacial score (nSPS) is 16.6. The smallest absolute Gasteiger partial charge is 0.309 e. The predicted molar refractivity (Wildman–Crippen MR) is 150 cm³/mol. The lowest BCUT2D eigenvalue weighted by Crippen LogP contribution is -2.23. The van der Waals surface area contributed by atoms with Gasteiger partial charge in [0, 0.05) is 42.5 Å². The minimum Gasteiger partial charge on any atom is -0.466 e. The van der Waals surface area contributed by atoms with Gasteiger partial charge in [-0.25, -0.2) is 4.98 Å². The first-order chi connectivity index (χ1) is 18.1. The van der Waals surface area contributed by atoms with E-state index in [2.05, 4.69) is 53.0 Å². The largest absolute Gasteiger partial charge is 0.466 e. The van der Waals surface area contributed by atoms with Crippen LogP contribution in [-0.2, 0) is 16.1 Å². The third-order valence-corrected chi connectivity index (χ3v) is 7.42. The topological polar surface area (TPSA) is 73.2 Å². The van der Waals surface area contributed by atoms with E-state index in [9.17, 15) is 9.59 Å². The Labute approximate surface area is 221 Å². The lowest BCUT2D eigenvalue weighted by atomic mass is 10.0. The molecule has 0 aliphatic heterocycles. The van der Waals surface area contributed by atoms with Crippen molar-refractivity contribution in [3.8, 4) is 16.8 Å². The van der Waals surface area contributed by atoms with Crippen LogP contribution in [0.2, 0.25) is 0 Å². The lowest BCUT2D eigenvalue weighted by Gasteiger charge is -2.14. The van der Waals surface area contributed by atoms with Gasteiger partial charge in [0.05, 0.1) is 17.9 Å². The molecule has 1 N–H and O–H groups in total. The zero-order chi connectivity index (χ0) is 25.8. The van der Waals surface area contributed by atoms with Gasteiger partial charge in [-0.05, 0) is 66.5 Å². The minimum absolute atomic E-state index is 0.0142. The quantitative estimate of drug-likeness (QED) is 0.233. The number of ether oxygens (including phenoxy) is 1. The first-order valence-electron chi connectivity index (χ1n) is 12.7. The van der Waals surface area contributed by atoms with Crippen LogP contribution in [0.25, 0.3) is 27.8 Å². The molecule has 37 heavy (non-hydrogen) atoms. The van der Waals surface area contributed by atoms with Gasteiger partial charge in [0.15, 0.2) is 5.43 Å². The van der Waals surface area contributed by atoms with Crippen molar-refractivity contribution in [3.05, 3.63) is 94.4 Å². The van der Waals surface area contributed by atoms with E-state index < -0.39 is 0 Å². The second kappa shape index (κ2) is 11.3. The first-order valence-corrected chi connectivity index (χ1v) is 14.1. The number of esters is 1. The number of carbonyl (C=O) groups is 1. The van der Waals surface area contributed by atoms with Crippen molar-refractivity contribution in [2.45, 2.75) is 25.8 Å². The fraction of sp³-hybridized carbons (Fsp3) is 0.300. The van der Waals surface area contributed by atoms with E-state index in [-0.39, 0.29) is 23.2 Å². The van der Waals surface area contributed by atoms with Crippen molar-refractivity contribution < 1.29 is 9.53 Å². The summed E-state index contributed by atoms with van der Waals surface area (Å²) in [5.74, 6) is 1.14. The second-order valence-electron chi connectivity index (χ2n) is 9.27. The number of hydrogen-bond donors (Lipinski definition) is 1. The van der Waals surface area contributed by atoms with Crippen LogP contribution in [0, 0.1) is 5.92 Å². The van der Waals surface area contributed by atoms with Gasteiger partial charge in [-0.15, -0.1) is 0 Å². The molecule has 1 saturated carbocycles. The summed E-state index contributed by atoms with van der Waals surface area (Å²) in [5, 5.41) is 3.99. The zero-order valence-electron chi connectivity index (χ0n) is 21.1. The highest BCUT2D eigenvalue weighted by Crippen LogP contribution is 2.48. The number of nitrogens with zero attached hydrogens (tertiary/aromatic N) is 2. The van der Waals surface area contributed by atoms with E-state index in [0.29, 0.717) is 24.2 Å². The number of aromatic nitrogens is 2. The van der Waals surface area contributed by atoms with E-state index in [4.69, 9.17) is 4.74 Å². The summed E-state index contributed by atoms with van der Waals surface area (Å²) < 4.78 is 7.18. The third-order valence-electron chi connectivity index (χ3n) is 6.81. The Morgan fingerprint density at radius 1 is 1.14 bits per heavy atom. The highest BCUT2D eigenvalue weighted by molar-refractivity contribution is 7.98. The fourth-order valence-corrected chi connectivity index (χ4v) is 5.11. The zero-order valence-corrected chi connectivity index (χ0v) is 22.0. The molecule has 0 bridgehead atoms. The van der Waals surface area contributed by atoms with Crippen LogP contribution in [0.3, 0.4) is 0 Å². The molecular formula is C30H31N3O3S. The highest BCUT2D eigenvalue weighted by Gasteiger charge is 2.45. The molecule has 1 aliphatic rings. The molecular weight excluding hydrogens is 482 g/mol. The Hall–Kier alpha value is -3.42. The second-order valence-corrected chi connectivity index (χ2v) is 10.3. The van der Waals surface area contributed by atoms with Crippen LogP contribution in [0.5, 0.6) is 0 Å². The van der Waals surface area contributed by atoms with Crippen LogP contribution in [0.15, 0.2) is 77.9 Å². The number of fused-ring (bicyclic) bond motifs is 1. The van der Waals surface area contributed by atoms with Crippen molar-refractivity contribution in [3.63, 3.8) is 0 Å². The maximum Gasteiger partial charge on any atom is 0.309 e. The minimum atomic E-state index is -0.0925. The molecule has 0 saturated heterocycles. The summed E-state index contributed by atoms with van der Waals surface area (Å²) >= 11 is 1.78. The van der Waals surface area contributed by atoms with Crippen LogP contribution in [-0.4, -0.2) is 40.7 Å². The van der Waals surface area contributed by atoms with Gasteiger partial charge in [-0.3, -0.25) is 9.59 Å². The number of nitrogens with one attached hydrogen (secondary N) is 1. The van der Waals surface area contributed by atoms with Gasteiger partial charge in [0.2, 0.25) is 0 Å². The summed E-state index contributed by atoms with van der Waals surface area (Å²) in [5.41, 5.74) is 5.67. The molecule has 190 valence electrons. The molecule has 4 aromatic rings. The molecule has 6 nitrogen and oxygen atoms in total. The van der Waals surface area contributed by atoms with Gasteiger partial charge in [0.1, 0.15) is 5.65 Å². The Balaban J connectivity index is 1.43. The summed E-state index contributed by atoms with van der Waals surface area (Å²) in [7, 11) is 0. The molecule has 2 unspecified atom stereocenters. The van der Waals surface area contributed by atoms with Gasteiger partial charge >= 0.3 is 5.97 Å². The van der Waals surface area contributed by atoms with Crippen LogP contribution >= 0.6 is 11.8 Å². The van der Waals surface area contributed by atoms with E-state index in [1.807, 2.05) is 42.0 Å². The Bertz CT molecular complexity index is 1470. The van der Waals surface area contributed by atoms with E-state index in [1.54, 1.807) is 18.0 Å².